The number of hydrogen-bond acceptors (Lipinski definition) is 4. The Kier molecular flexibility index (Phi) is 3.01. The Morgan fingerprint density at radius 1 is 1.44 bits per heavy atom. The number of benzene rings is 1. The van der Waals surface area contributed by atoms with Crippen LogP contribution < -0.4 is 0 Å². The van der Waals surface area contributed by atoms with Gasteiger partial charge in [-0.1, -0.05) is 12.1 Å². The second-order valence-corrected chi connectivity index (χ2v) is 3.89. The number of nitro benzene ring substituents is 1. The summed E-state index contributed by atoms with van der Waals surface area (Å²) in [5.41, 5.74) is 0.411. The van der Waals surface area contributed by atoms with Gasteiger partial charge in [-0.05, 0) is 13.0 Å². The molecule has 0 N–H and O–H groups in total. The molecule has 0 spiro atoms. The number of esters is 1. The summed E-state index contributed by atoms with van der Waals surface area (Å²) in [6.45, 7) is 1.64. The van der Waals surface area contributed by atoms with Crippen molar-refractivity contribution in [2.24, 2.45) is 0 Å². The van der Waals surface area contributed by atoms with Crippen molar-refractivity contribution >= 4 is 22.6 Å². The van der Waals surface area contributed by atoms with Crippen molar-refractivity contribution in [3.8, 4) is 0 Å². The highest BCUT2D eigenvalue weighted by molar-refractivity contribution is 5.90. The van der Waals surface area contributed by atoms with Gasteiger partial charge < -0.3 is 9.30 Å². The molecule has 0 fully saturated rings. The molecule has 0 amide bonds. The van der Waals surface area contributed by atoms with E-state index in [9.17, 15) is 14.9 Å². The number of methoxy groups -OCH3 is 1. The summed E-state index contributed by atoms with van der Waals surface area (Å²) in [7, 11) is 1.29. The molecule has 94 valence electrons. The van der Waals surface area contributed by atoms with E-state index in [1.165, 1.54) is 13.2 Å². The van der Waals surface area contributed by atoms with Crippen LogP contribution in [0.1, 0.15) is 13.0 Å². The van der Waals surface area contributed by atoms with E-state index in [0.717, 1.165) is 5.39 Å². The maximum absolute atomic E-state index is 11.5. The number of non-ortho nitro benzene ring substituents is 1. The molecule has 0 saturated heterocycles. The number of hydrogen-bond donors (Lipinski definition) is 0. The Bertz CT molecular complexity index is 618. The normalized spacial score (nSPS) is 12.3. The first-order valence-electron chi connectivity index (χ1n) is 5.38. The number of para-hydroxylation sites is 1. The predicted molar refractivity (Wildman–Crippen MR) is 65.3 cm³/mol. The standard InChI is InChI=1S/C12H12N2O4/c1-8(12(15)18-2)13-7-6-9-4-3-5-10(11(9)13)14(16)17/h3-8H,1-2H3/t8-/m0/s1. The van der Waals surface area contributed by atoms with E-state index in [1.807, 2.05) is 0 Å². The zero-order valence-corrected chi connectivity index (χ0v) is 9.99. The van der Waals surface area contributed by atoms with Crippen LogP contribution in [-0.2, 0) is 9.53 Å². The second kappa shape index (κ2) is 4.48. The first-order valence-corrected chi connectivity index (χ1v) is 5.38. The lowest BCUT2D eigenvalue weighted by atomic mass is 10.2. The molecule has 1 aromatic carbocycles. The van der Waals surface area contributed by atoms with E-state index in [2.05, 4.69) is 4.74 Å². The zero-order valence-electron chi connectivity index (χ0n) is 9.99. The summed E-state index contributed by atoms with van der Waals surface area (Å²) in [5, 5.41) is 11.7. The highest BCUT2D eigenvalue weighted by Crippen LogP contribution is 2.29. The van der Waals surface area contributed by atoms with E-state index >= 15 is 0 Å². The number of ether oxygens (including phenoxy) is 1. The molecule has 2 aromatic rings. The lowest BCUT2D eigenvalue weighted by molar-refractivity contribution is -0.383. The predicted octanol–water partition coefficient (Wildman–Crippen LogP) is 2.28. The van der Waals surface area contributed by atoms with Gasteiger partial charge in [0.2, 0.25) is 0 Å². The average Bonchev–Trinajstić information content (AvgIpc) is 2.80. The summed E-state index contributed by atoms with van der Waals surface area (Å²) in [6.07, 6.45) is 1.65. The Morgan fingerprint density at radius 2 is 2.17 bits per heavy atom. The molecule has 1 atom stereocenters. The van der Waals surface area contributed by atoms with Gasteiger partial charge >= 0.3 is 5.97 Å². The Morgan fingerprint density at radius 3 is 2.78 bits per heavy atom. The van der Waals surface area contributed by atoms with E-state index in [4.69, 9.17) is 0 Å². The number of rotatable bonds is 3. The minimum atomic E-state index is -0.603. The van der Waals surface area contributed by atoms with Gasteiger partial charge in [0.15, 0.2) is 0 Å². The van der Waals surface area contributed by atoms with Crippen LogP contribution in [0.5, 0.6) is 0 Å². The molecular formula is C12H12N2O4. The topological polar surface area (TPSA) is 74.4 Å². The SMILES string of the molecule is COC(=O)[C@H](C)n1ccc2cccc([N+](=O)[O-])c21. The molecule has 0 unspecified atom stereocenters. The molecule has 18 heavy (non-hydrogen) atoms. The largest absolute Gasteiger partial charge is 0.467 e. The molecule has 6 nitrogen and oxygen atoms in total. The Labute approximate surface area is 103 Å². The van der Waals surface area contributed by atoms with E-state index in [-0.39, 0.29) is 5.69 Å². The number of nitro groups is 1. The average molecular weight is 248 g/mol. The number of aromatic nitrogens is 1. The van der Waals surface area contributed by atoms with Crippen molar-refractivity contribution in [1.29, 1.82) is 0 Å². The molecule has 0 bridgehead atoms. The Hall–Kier alpha value is -2.37. The maximum Gasteiger partial charge on any atom is 0.328 e. The fraction of sp³-hybridized carbons (Fsp3) is 0.250. The van der Waals surface area contributed by atoms with Gasteiger partial charge in [-0.2, -0.15) is 0 Å². The van der Waals surface area contributed by atoms with Crippen molar-refractivity contribution < 1.29 is 14.5 Å². The van der Waals surface area contributed by atoms with Crippen molar-refractivity contribution in [2.75, 3.05) is 7.11 Å². The second-order valence-electron chi connectivity index (χ2n) is 3.89. The summed E-state index contributed by atoms with van der Waals surface area (Å²) in [4.78, 5) is 22.1. The zero-order chi connectivity index (χ0) is 13.3. The van der Waals surface area contributed by atoms with Gasteiger partial charge in [0.05, 0.1) is 12.0 Å². The Balaban J connectivity index is 2.65. The number of carbonyl (C=O) groups is 1. The first kappa shape index (κ1) is 12.1. The minimum absolute atomic E-state index is 0.0201. The summed E-state index contributed by atoms with van der Waals surface area (Å²) < 4.78 is 6.21. The highest BCUT2D eigenvalue weighted by Gasteiger charge is 2.22. The molecule has 6 heteroatoms. The van der Waals surface area contributed by atoms with E-state index in [1.54, 1.807) is 35.9 Å². The van der Waals surface area contributed by atoms with Crippen LogP contribution >= 0.6 is 0 Å². The van der Waals surface area contributed by atoms with Crippen molar-refractivity contribution in [3.63, 3.8) is 0 Å². The summed E-state index contributed by atoms with van der Waals surface area (Å²) in [6, 6.07) is 5.94. The van der Waals surface area contributed by atoms with Crippen LogP contribution in [0.15, 0.2) is 30.5 Å². The van der Waals surface area contributed by atoms with Gasteiger partial charge in [-0.3, -0.25) is 10.1 Å². The molecule has 0 radical (unpaired) electrons. The van der Waals surface area contributed by atoms with Gasteiger partial charge in [0.25, 0.3) is 5.69 Å². The lowest BCUT2D eigenvalue weighted by Crippen LogP contribution is -2.17. The fourth-order valence-electron chi connectivity index (χ4n) is 1.95. The number of fused-ring (bicyclic) bond motifs is 1. The van der Waals surface area contributed by atoms with Gasteiger partial charge in [-0.15, -0.1) is 0 Å². The van der Waals surface area contributed by atoms with Crippen LogP contribution in [0, 0.1) is 10.1 Å². The third-order valence-corrected chi connectivity index (χ3v) is 2.88. The van der Waals surface area contributed by atoms with Crippen LogP contribution in [0.4, 0.5) is 5.69 Å². The number of nitrogens with zero attached hydrogens (tertiary/aromatic N) is 2. The highest BCUT2D eigenvalue weighted by atomic mass is 16.6. The number of carbonyl (C=O) groups excluding carboxylic acids is 1. The molecular weight excluding hydrogens is 236 g/mol. The van der Waals surface area contributed by atoms with Gasteiger partial charge in [0, 0.05) is 17.6 Å². The molecule has 1 aromatic heterocycles. The van der Waals surface area contributed by atoms with Crippen LogP contribution in [-0.4, -0.2) is 22.6 Å². The molecule has 2 rings (SSSR count). The van der Waals surface area contributed by atoms with Crippen LogP contribution in [0.3, 0.4) is 0 Å². The van der Waals surface area contributed by atoms with Crippen LogP contribution in [0.2, 0.25) is 0 Å². The van der Waals surface area contributed by atoms with E-state index in [0.29, 0.717) is 5.52 Å². The minimum Gasteiger partial charge on any atom is -0.467 e. The summed E-state index contributed by atoms with van der Waals surface area (Å²) >= 11 is 0. The third kappa shape index (κ3) is 1.81. The molecule has 0 aliphatic carbocycles. The first-order chi connectivity index (χ1) is 8.56. The van der Waals surface area contributed by atoms with Gasteiger partial charge in [-0.25, -0.2) is 4.79 Å². The fourth-order valence-corrected chi connectivity index (χ4v) is 1.95. The van der Waals surface area contributed by atoms with Crippen molar-refractivity contribution in [1.82, 2.24) is 4.57 Å². The maximum atomic E-state index is 11.5. The lowest BCUT2D eigenvalue weighted by Gasteiger charge is -2.12. The van der Waals surface area contributed by atoms with Crippen molar-refractivity contribution in [2.45, 2.75) is 13.0 Å². The molecule has 0 saturated carbocycles. The smallest absolute Gasteiger partial charge is 0.328 e. The monoisotopic (exact) mass is 248 g/mol. The van der Waals surface area contributed by atoms with Crippen LogP contribution in [0.25, 0.3) is 10.9 Å². The van der Waals surface area contributed by atoms with E-state index < -0.39 is 16.9 Å². The summed E-state index contributed by atoms with van der Waals surface area (Å²) in [5.74, 6) is -0.439. The molecule has 0 aliphatic heterocycles. The third-order valence-electron chi connectivity index (χ3n) is 2.88. The van der Waals surface area contributed by atoms with Gasteiger partial charge in [0.1, 0.15) is 11.6 Å². The van der Waals surface area contributed by atoms with Crippen molar-refractivity contribution in [3.05, 3.63) is 40.6 Å². The quantitative estimate of drug-likeness (QED) is 0.474. The molecule has 1 heterocycles. The molecule has 0 aliphatic rings.